The molecule has 0 saturated carbocycles. The number of aliphatic imine (C=N–C) groups is 1. The maximum absolute atomic E-state index is 13.3. The van der Waals surface area contributed by atoms with Crippen molar-refractivity contribution in [3.8, 4) is 5.75 Å². The Hall–Kier alpha value is -3.59. The summed E-state index contributed by atoms with van der Waals surface area (Å²) in [5, 5.41) is 2.49. The molecule has 8 nitrogen and oxygen atoms in total. The number of anilines is 1. The van der Waals surface area contributed by atoms with Gasteiger partial charge in [0.15, 0.2) is 5.17 Å². The minimum atomic E-state index is -0.894. The lowest BCUT2D eigenvalue weighted by molar-refractivity contribution is -0.119. The molecule has 2 aromatic carbocycles. The van der Waals surface area contributed by atoms with E-state index in [4.69, 9.17) is 10.5 Å². The molecule has 0 saturated heterocycles. The van der Waals surface area contributed by atoms with Crippen molar-refractivity contribution in [1.29, 1.82) is 0 Å². The van der Waals surface area contributed by atoms with Crippen LogP contribution in [0.25, 0.3) is 6.08 Å². The number of primary amides is 1. The summed E-state index contributed by atoms with van der Waals surface area (Å²) >= 11 is 1.26. The van der Waals surface area contributed by atoms with Gasteiger partial charge in [-0.3, -0.25) is 19.8 Å². The number of hydrogen-bond donors (Lipinski definition) is 2. The van der Waals surface area contributed by atoms with E-state index in [1.807, 2.05) is 61.6 Å². The van der Waals surface area contributed by atoms with E-state index < -0.39 is 11.9 Å². The van der Waals surface area contributed by atoms with Crippen LogP contribution in [0.4, 0.5) is 10.5 Å². The number of rotatable bonds is 6. The molecule has 0 bridgehead atoms. The highest BCUT2D eigenvalue weighted by Crippen LogP contribution is 2.31. The third-order valence-corrected chi connectivity index (χ3v) is 5.48. The lowest BCUT2D eigenvalue weighted by Crippen LogP contribution is -2.35. The molecule has 1 aliphatic heterocycles. The van der Waals surface area contributed by atoms with Gasteiger partial charge < -0.3 is 10.5 Å². The second kappa shape index (κ2) is 10.1. The molecule has 0 aliphatic carbocycles. The van der Waals surface area contributed by atoms with Crippen LogP contribution in [-0.2, 0) is 9.59 Å². The molecule has 1 heterocycles. The summed E-state index contributed by atoms with van der Waals surface area (Å²) < 4.78 is 5.17. The van der Waals surface area contributed by atoms with E-state index in [2.05, 4.69) is 4.99 Å². The van der Waals surface area contributed by atoms with Crippen molar-refractivity contribution in [2.45, 2.75) is 20.3 Å². The number of amides is 4. The van der Waals surface area contributed by atoms with Crippen LogP contribution in [0.15, 0.2) is 53.2 Å². The van der Waals surface area contributed by atoms with Crippen LogP contribution in [0.2, 0.25) is 0 Å². The number of carbonyl (C=O) groups is 3. The van der Waals surface area contributed by atoms with Gasteiger partial charge in [-0.1, -0.05) is 30.0 Å². The molecular formula is C23H24N4O4S. The number of aryl methyl sites for hydroxylation is 2. The molecule has 0 spiro atoms. The molecule has 0 fully saturated rings. The largest absolute Gasteiger partial charge is 0.497 e. The molecule has 166 valence electrons. The van der Waals surface area contributed by atoms with Crippen molar-refractivity contribution < 1.29 is 19.1 Å². The minimum Gasteiger partial charge on any atom is -0.497 e. The first-order valence-corrected chi connectivity index (χ1v) is 10.8. The van der Waals surface area contributed by atoms with Crippen molar-refractivity contribution in [3.05, 3.63) is 64.9 Å². The summed E-state index contributed by atoms with van der Waals surface area (Å²) in [7, 11) is 1.59. The maximum Gasteiger partial charge on any atom is 0.318 e. The van der Waals surface area contributed by atoms with Crippen LogP contribution in [0.3, 0.4) is 0 Å². The number of carbonyl (C=O) groups excluding carboxylic acids is 3. The van der Waals surface area contributed by atoms with Crippen LogP contribution in [0, 0.1) is 13.8 Å². The fraction of sp³-hybridized carbons (Fsp3) is 0.217. The molecule has 3 rings (SSSR count). The van der Waals surface area contributed by atoms with Gasteiger partial charge in [-0.15, -0.1) is 0 Å². The number of hydrogen-bond acceptors (Lipinski definition) is 6. The van der Waals surface area contributed by atoms with Gasteiger partial charge in [0.2, 0.25) is 5.91 Å². The molecule has 0 aromatic heterocycles. The van der Waals surface area contributed by atoms with E-state index >= 15 is 0 Å². The Kier molecular flexibility index (Phi) is 7.32. The summed E-state index contributed by atoms with van der Waals surface area (Å²) in [6.07, 6.45) is 1.77. The maximum atomic E-state index is 13.3. The highest BCUT2D eigenvalue weighted by Gasteiger charge is 2.32. The van der Waals surface area contributed by atoms with Crippen LogP contribution in [0.1, 0.15) is 23.1 Å². The third-order valence-electron chi connectivity index (χ3n) is 4.54. The number of nitrogens with one attached hydrogen (secondary N) is 1. The number of urea groups is 1. The van der Waals surface area contributed by atoms with Gasteiger partial charge in [0, 0.05) is 12.2 Å². The number of nitrogens with two attached hydrogens (primary N) is 1. The fourth-order valence-corrected chi connectivity index (χ4v) is 4.14. The topological polar surface area (TPSA) is 114 Å². The molecular weight excluding hydrogens is 428 g/mol. The first kappa shape index (κ1) is 23.1. The molecule has 9 heteroatoms. The van der Waals surface area contributed by atoms with Crippen molar-refractivity contribution in [1.82, 2.24) is 5.32 Å². The fourth-order valence-electron chi connectivity index (χ4n) is 3.19. The molecule has 3 N–H and O–H groups in total. The Morgan fingerprint density at radius 3 is 2.41 bits per heavy atom. The Bertz CT molecular complexity index is 1090. The predicted octanol–water partition coefficient (Wildman–Crippen LogP) is 3.37. The summed E-state index contributed by atoms with van der Waals surface area (Å²) in [6.45, 7) is 3.92. The average molecular weight is 453 g/mol. The summed E-state index contributed by atoms with van der Waals surface area (Å²) in [5.74, 6) is 0.301. The van der Waals surface area contributed by atoms with E-state index in [-0.39, 0.29) is 12.3 Å². The van der Waals surface area contributed by atoms with Crippen molar-refractivity contribution >= 4 is 46.5 Å². The van der Waals surface area contributed by atoms with E-state index in [1.165, 1.54) is 11.8 Å². The molecule has 0 atom stereocenters. The Labute approximate surface area is 190 Å². The zero-order chi connectivity index (χ0) is 23.3. The Morgan fingerprint density at radius 1 is 1.16 bits per heavy atom. The highest BCUT2D eigenvalue weighted by molar-refractivity contribution is 8.14. The number of benzene rings is 2. The number of methoxy groups -OCH3 is 1. The molecule has 4 amide bonds. The minimum absolute atomic E-state index is 0.0546. The Balaban J connectivity index is 1.88. The van der Waals surface area contributed by atoms with Crippen LogP contribution in [0.5, 0.6) is 5.75 Å². The van der Waals surface area contributed by atoms with Gasteiger partial charge in [0.05, 0.1) is 12.8 Å². The Morgan fingerprint density at radius 2 is 1.81 bits per heavy atom. The first-order valence-electron chi connectivity index (χ1n) is 9.86. The standard InChI is InChI=1S/C23H24N4O4S/c1-14-10-15(2)12-17(11-14)27-21(29)19(13-16-4-6-18(31-3)7-5-16)25-23(27)32-9-8-20(28)26-22(24)30/h4-7,10-13H,8-9H2,1-3H3,(H3,24,26,28,30)/b19-13-. The highest BCUT2D eigenvalue weighted by atomic mass is 32.2. The van der Waals surface area contributed by atoms with E-state index in [1.54, 1.807) is 18.1 Å². The van der Waals surface area contributed by atoms with Gasteiger partial charge in [-0.05, 0) is 60.9 Å². The summed E-state index contributed by atoms with van der Waals surface area (Å²) in [5.41, 5.74) is 8.82. The zero-order valence-electron chi connectivity index (χ0n) is 18.0. The molecule has 1 aliphatic rings. The monoisotopic (exact) mass is 452 g/mol. The van der Waals surface area contributed by atoms with Crippen molar-refractivity contribution in [2.75, 3.05) is 17.8 Å². The second-order valence-electron chi connectivity index (χ2n) is 7.19. The van der Waals surface area contributed by atoms with Crippen LogP contribution >= 0.6 is 11.8 Å². The van der Waals surface area contributed by atoms with Crippen LogP contribution < -0.4 is 20.7 Å². The lowest BCUT2D eigenvalue weighted by atomic mass is 10.1. The van der Waals surface area contributed by atoms with Gasteiger partial charge in [-0.25, -0.2) is 9.79 Å². The number of amidine groups is 1. The summed E-state index contributed by atoms with van der Waals surface area (Å²) in [4.78, 5) is 41.9. The van der Waals surface area contributed by atoms with E-state index in [0.717, 1.165) is 22.4 Å². The lowest BCUT2D eigenvalue weighted by Gasteiger charge is -2.19. The first-order chi connectivity index (χ1) is 15.3. The summed E-state index contributed by atoms with van der Waals surface area (Å²) in [6, 6.07) is 12.3. The van der Waals surface area contributed by atoms with Gasteiger partial charge >= 0.3 is 6.03 Å². The molecule has 2 aromatic rings. The van der Waals surface area contributed by atoms with Crippen molar-refractivity contribution in [2.24, 2.45) is 10.7 Å². The van der Waals surface area contributed by atoms with Gasteiger partial charge in [-0.2, -0.15) is 0 Å². The number of ether oxygens (including phenoxy) is 1. The number of imide groups is 1. The molecule has 0 unspecified atom stereocenters. The second-order valence-corrected chi connectivity index (χ2v) is 8.26. The van der Waals surface area contributed by atoms with Crippen molar-refractivity contribution in [3.63, 3.8) is 0 Å². The SMILES string of the molecule is COc1ccc(/C=C2\N=C(SCCC(=O)NC(N)=O)N(c3cc(C)cc(C)c3)C2=O)cc1. The van der Waals surface area contributed by atoms with Crippen LogP contribution in [-0.4, -0.2) is 35.9 Å². The van der Waals surface area contributed by atoms with E-state index in [0.29, 0.717) is 22.3 Å². The van der Waals surface area contributed by atoms with E-state index in [9.17, 15) is 14.4 Å². The predicted molar refractivity (Wildman–Crippen MR) is 127 cm³/mol. The average Bonchev–Trinajstić information content (AvgIpc) is 3.02. The quantitative estimate of drug-likeness (QED) is 0.652. The molecule has 32 heavy (non-hydrogen) atoms. The zero-order valence-corrected chi connectivity index (χ0v) is 18.9. The molecule has 0 radical (unpaired) electrons. The smallest absolute Gasteiger partial charge is 0.318 e. The number of nitrogens with zero attached hydrogens (tertiary/aromatic N) is 2. The van der Waals surface area contributed by atoms with Gasteiger partial charge in [0.1, 0.15) is 11.4 Å². The van der Waals surface area contributed by atoms with Gasteiger partial charge in [0.25, 0.3) is 5.91 Å². The normalized spacial score (nSPS) is 14.5. The number of thioether (sulfide) groups is 1. The third kappa shape index (κ3) is 5.76.